The number of aliphatic hydroxyl groups is 8. The zero-order valence-electron chi connectivity index (χ0n) is 34.1. The summed E-state index contributed by atoms with van der Waals surface area (Å²) in [6, 6.07) is 0. The molecule has 0 unspecified atom stereocenters. The molecule has 15 heteroatoms. The lowest BCUT2D eigenvalue weighted by atomic mass is 9.39. The average Bonchev–Trinajstić information content (AvgIpc) is 3.37. The number of fused-ring (bicyclic) bond motifs is 7. The standard InChI is InChI=1S/C42H62O15/c1-18(16-43)11-20-13-41(7,52)34-24(54-20)14-39(5)26-10-9-21-22(42(26,8)27(45)15-40(34,39)6)12-23(35(51)38(21,3)4)55-37-33(31(49)29(47)25(17-44)56-37)57-36-32(50)30(48)28(46)19(2)53-36/h9,11-12,19-20,22,24-26,28-34,36-37,43-44,46-50,52H,10,13-17H2,1-8H3/b18-11+/t19-,20+,22+,24+,25+,26-,28-,29+,30+,31-,32+,33+,34-,36-,37+,39-,40+,41-,42-/m0/s1. The molecule has 15 nitrogen and oxygen atoms in total. The van der Waals surface area contributed by atoms with E-state index in [9.17, 15) is 45.6 Å². The molecule has 0 amide bonds. The zero-order valence-corrected chi connectivity index (χ0v) is 34.1. The van der Waals surface area contributed by atoms with Gasteiger partial charge in [0.15, 0.2) is 18.2 Å². The van der Waals surface area contributed by atoms with Crippen molar-refractivity contribution in [3.8, 4) is 0 Å². The number of hydrogen-bond donors (Lipinski definition) is 8. The van der Waals surface area contributed by atoms with E-state index in [1.165, 1.54) is 6.92 Å². The molecule has 0 aromatic heterocycles. The summed E-state index contributed by atoms with van der Waals surface area (Å²) in [6.07, 6.45) is -9.23. The fourth-order valence-electron chi connectivity index (χ4n) is 12.2. The van der Waals surface area contributed by atoms with Gasteiger partial charge in [-0.25, -0.2) is 0 Å². The van der Waals surface area contributed by atoms with Crippen LogP contribution in [0.2, 0.25) is 0 Å². The van der Waals surface area contributed by atoms with Crippen molar-refractivity contribution < 1.29 is 74.1 Å². The van der Waals surface area contributed by atoms with Gasteiger partial charge in [-0.2, -0.15) is 0 Å². The Hall–Kier alpha value is -2.12. The number of hydrogen-bond acceptors (Lipinski definition) is 15. The van der Waals surface area contributed by atoms with Crippen molar-refractivity contribution in [1.82, 2.24) is 0 Å². The highest BCUT2D eigenvalue weighted by atomic mass is 16.8. The Labute approximate surface area is 333 Å². The first kappa shape index (κ1) is 43.0. The van der Waals surface area contributed by atoms with E-state index in [1.54, 1.807) is 19.9 Å². The van der Waals surface area contributed by atoms with Crippen molar-refractivity contribution in [1.29, 1.82) is 0 Å². The van der Waals surface area contributed by atoms with Gasteiger partial charge in [0.2, 0.25) is 12.1 Å². The van der Waals surface area contributed by atoms with E-state index in [1.807, 2.05) is 26.8 Å². The number of carbonyl (C=O) groups is 2. The van der Waals surface area contributed by atoms with Crippen LogP contribution in [-0.2, 0) is 33.3 Å². The van der Waals surface area contributed by atoms with Gasteiger partial charge in [-0.05, 0) is 75.9 Å². The van der Waals surface area contributed by atoms with E-state index in [2.05, 4.69) is 19.9 Å². The molecule has 7 rings (SSSR count). The number of aliphatic hydroxyl groups excluding tert-OH is 7. The van der Waals surface area contributed by atoms with E-state index >= 15 is 4.79 Å². The molecule has 3 saturated heterocycles. The summed E-state index contributed by atoms with van der Waals surface area (Å²) >= 11 is 0. The molecule has 7 aliphatic rings. The second-order valence-corrected chi connectivity index (χ2v) is 19.4. The number of carbonyl (C=O) groups excluding carboxylic acids is 2. The predicted octanol–water partition coefficient (Wildman–Crippen LogP) is 0.569. The summed E-state index contributed by atoms with van der Waals surface area (Å²) in [5.74, 6) is -1.82. The Morgan fingerprint density at radius 2 is 1.56 bits per heavy atom. The summed E-state index contributed by atoms with van der Waals surface area (Å²) in [7, 11) is 0. The van der Waals surface area contributed by atoms with E-state index in [0.29, 0.717) is 19.3 Å². The van der Waals surface area contributed by atoms with Gasteiger partial charge in [0.1, 0.15) is 42.4 Å². The van der Waals surface area contributed by atoms with Gasteiger partial charge in [0.25, 0.3) is 0 Å². The third-order valence-electron chi connectivity index (χ3n) is 15.5. The minimum absolute atomic E-state index is 0.00858. The molecule has 0 spiro atoms. The molecule has 0 aromatic rings. The second kappa shape index (κ2) is 14.5. The lowest BCUT2D eigenvalue weighted by Gasteiger charge is -2.64. The Morgan fingerprint density at radius 3 is 2.21 bits per heavy atom. The summed E-state index contributed by atoms with van der Waals surface area (Å²) in [5.41, 5.74) is -2.98. The smallest absolute Gasteiger partial charge is 0.229 e. The number of rotatable bonds is 7. The molecular weight excluding hydrogens is 744 g/mol. The molecule has 4 aliphatic carbocycles. The van der Waals surface area contributed by atoms with Crippen LogP contribution < -0.4 is 0 Å². The largest absolute Gasteiger partial charge is 0.459 e. The van der Waals surface area contributed by atoms with Gasteiger partial charge in [-0.3, -0.25) is 9.59 Å². The second-order valence-electron chi connectivity index (χ2n) is 19.4. The molecule has 2 saturated carbocycles. The fraction of sp³-hybridized carbons (Fsp3) is 0.810. The lowest BCUT2D eigenvalue weighted by Crippen LogP contribution is -2.65. The van der Waals surface area contributed by atoms with Crippen LogP contribution in [0, 0.1) is 39.4 Å². The molecule has 0 bridgehead atoms. The van der Waals surface area contributed by atoms with E-state index < -0.39 is 113 Å². The Kier molecular flexibility index (Phi) is 10.9. The minimum Gasteiger partial charge on any atom is -0.459 e. The summed E-state index contributed by atoms with van der Waals surface area (Å²) < 4.78 is 30.4. The molecule has 8 N–H and O–H groups in total. The number of allylic oxidation sites excluding steroid dienone is 4. The Balaban J connectivity index is 1.24. The first-order valence-electron chi connectivity index (χ1n) is 20.3. The molecule has 0 radical (unpaired) electrons. The molecule has 0 aromatic carbocycles. The van der Waals surface area contributed by atoms with Crippen molar-refractivity contribution in [2.75, 3.05) is 13.2 Å². The monoisotopic (exact) mass is 806 g/mol. The maximum absolute atomic E-state index is 15.0. The SMILES string of the molecule is C/C(=C\[C@@H]1C[C@](C)(O)[C@H]2[C@@H](C[C@@]3(C)[C@@H]4CC=C5[C@@H](C=C(O[C@@H]6O[C@H](CO)[C@@H](O)[C@H](O)[C@H]6O[C@@H]6O[C@@H](C)[C@H](O)[C@@H](O)[C@H]6O)C(=O)C5(C)C)[C@]4(C)C(=O)C[C@]23C)O1)CO. The number of Topliss-reactive ketones (excluding diaryl/α,β-unsaturated/α-hetero) is 2. The molecule has 320 valence electrons. The molecule has 19 atom stereocenters. The highest BCUT2D eigenvalue weighted by Gasteiger charge is 2.75. The van der Waals surface area contributed by atoms with Crippen LogP contribution in [0.15, 0.2) is 35.1 Å². The van der Waals surface area contributed by atoms with Crippen LogP contribution in [-0.4, -0.2) is 145 Å². The molecule has 57 heavy (non-hydrogen) atoms. The van der Waals surface area contributed by atoms with Gasteiger partial charge in [0.05, 0.1) is 42.5 Å². The normalized spacial score (nSPS) is 52.2. The zero-order chi connectivity index (χ0) is 41.9. The van der Waals surface area contributed by atoms with Crippen molar-refractivity contribution in [2.45, 2.75) is 160 Å². The van der Waals surface area contributed by atoms with Crippen LogP contribution in [0.4, 0.5) is 0 Å². The van der Waals surface area contributed by atoms with Crippen LogP contribution in [0.1, 0.15) is 81.1 Å². The Morgan fingerprint density at radius 1 is 0.877 bits per heavy atom. The first-order chi connectivity index (χ1) is 26.5. The van der Waals surface area contributed by atoms with Crippen molar-refractivity contribution in [2.24, 2.45) is 39.4 Å². The third-order valence-corrected chi connectivity index (χ3v) is 15.5. The quantitative estimate of drug-likeness (QED) is 0.164. The van der Waals surface area contributed by atoms with Crippen LogP contribution in [0.5, 0.6) is 0 Å². The minimum atomic E-state index is -1.79. The number of ether oxygens (including phenoxy) is 5. The first-order valence-corrected chi connectivity index (χ1v) is 20.3. The highest BCUT2D eigenvalue weighted by molar-refractivity contribution is 6.02. The third kappa shape index (κ3) is 6.37. The summed E-state index contributed by atoms with van der Waals surface area (Å²) in [5, 5.41) is 85.3. The molecule has 5 fully saturated rings. The maximum atomic E-state index is 15.0. The number of ketones is 2. The van der Waals surface area contributed by atoms with E-state index in [0.717, 1.165) is 11.1 Å². The van der Waals surface area contributed by atoms with E-state index in [-0.39, 0.29) is 42.5 Å². The predicted molar refractivity (Wildman–Crippen MR) is 199 cm³/mol. The van der Waals surface area contributed by atoms with Gasteiger partial charge in [-0.15, -0.1) is 0 Å². The topological polar surface area (TPSA) is 242 Å². The lowest BCUT2D eigenvalue weighted by molar-refractivity contribution is -0.360. The summed E-state index contributed by atoms with van der Waals surface area (Å²) in [4.78, 5) is 29.4. The fourth-order valence-corrected chi connectivity index (χ4v) is 12.2. The summed E-state index contributed by atoms with van der Waals surface area (Å²) in [6.45, 7) is 14.0. The van der Waals surface area contributed by atoms with Crippen LogP contribution in [0.25, 0.3) is 0 Å². The van der Waals surface area contributed by atoms with Crippen molar-refractivity contribution in [3.63, 3.8) is 0 Å². The molecule has 3 heterocycles. The van der Waals surface area contributed by atoms with Crippen molar-refractivity contribution >= 4 is 11.6 Å². The average molecular weight is 807 g/mol. The van der Waals surface area contributed by atoms with Gasteiger partial charge in [0, 0.05) is 30.1 Å². The maximum Gasteiger partial charge on any atom is 0.229 e. The van der Waals surface area contributed by atoms with Crippen molar-refractivity contribution in [3.05, 3.63) is 35.1 Å². The highest BCUT2D eigenvalue weighted by Crippen LogP contribution is 2.75. The van der Waals surface area contributed by atoms with E-state index in [4.69, 9.17) is 23.7 Å². The van der Waals surface area contributed by atoms with Crippen LogP contribution >= 0.6 is 0 Å². The van der Waals surface area contributed by atoms with Gasteiger partial charge >= 0.3 is 0 Å². The molecule has 3 aliphatic heterocycles. The Bertz CT molecular complexity index is 1700. The molecular formula is C42H62O15. The van der Waals surface area contributed by atoms with Gasteiger partial charge < -0.3 is 64.5 Å². The van der Waals surface area contributed by atoms with Gasteiger partial charge in [-0.1, -0.05) is 38.5 Å². The van der Waals surface area contributed by atoms with Crippen LogP contribution in [0.3, 0.4) is 0 Å².